The predicted molar refractivity (Wildman–Crippen MR) is 72.6 cm³/mol. The number of hydrogen-bond donors (Lipinski definition) is 2. The average Bonchev–Trinajstić information content (AvgIpc) is 2.73. The Morgan fingerprint density at radius 2 is 2.22 bits per heavy atom. The number of carboxylic acid groups (broad SMARTS) is 1. The number of rotatable bonds is 7. The molecule has 0 aliphatic rings. The first-order valence-electron chi connectivity index (χ1n) is 6.47. The largest absolute Gasteiger partial charge is 0.481 e. The average molecular weight is 252 g/mol. The first-order valence-corrected chi connectivity index (χ1v) is 6.47. The molecule has 1 unspecified atom stereocenters. The summed E-state index contributed by atoms with van der Waals surface area (Å²) in [6.45, 7) is 6.15. The van der Waals surface area contributed by atoms with Crippen LogP contribution >= 0.6 is 0 Å². The zero-order valence-corrected chi connectivity index (χ0v) is 11.7. The molecule has 0 aliphatic heterocycles. The van der Waals surface area contributed by atoms with Crippen molar-refractivity contribution in [2.24, 2.45) is 5.41 Å². The van der Waals surface area contributed by atoms with Gasteiger partial charge in [0.25, 0.3) is 0 Å². The van der Waals surface area contributed by atoms with Crippen molar-refractivity contribution in [1.82, 2.24) is 9.88 Å². The van der Waals surface area contributed by atoms with Crippen LogP contribution in [0, 0.1) is 5.41 Å². The molecule has 1 aromatic rings. The number of nitrogens with zero attached hydrogens (tertiary/aromatic N) is 1. The molecule has 1 heterocycles. The predicted octanol–water partition coefficient (Wildman–Crippen LogP) is 2.66. The smallest absolute Gasteiger partial charge is 0.310 e. The Morgan fingerprint density at radius 3 is 2.72 bits per heavy atom. The van der Waals surface area contributed by atoms with Gasteiger partial charge in [0.2, 0.25) is 0 Å². The van der Waals surface area contributed by atoms with E-state index < -0.39 is 11.4 Å². The van der Waals surface area contributed by atoms with E-state index in [0.717, 1.165) is 12.8 Å². The van der Waals surface area contributed by atoms with Crippen LogP contribution in [0.2, 0.25) is 0 Å². The van der Waals surface area contributed by atoms with Crippen molar-refractivity contribution in [1.29, 1.82) is 0 Å². The molecule has 4 nitrogen and oxygen atoms in total. The molecule has 0 radical (unpaired) electrons. The third kappa shape index (κ3) is 3.60. The summed E-state index contributed by atoms with van der Waals surface area (Å²) in [4.78, 5) is 11.1. The van der Waals surface area contributed by atoms with Crippen molar-refractivity contribution in [3.8, 4) is 0 Å². The van der Waals surface area contributed by atoms with Crippen LogP contribution in [0.3, 0.4) is 0 Å². The summed E-state index contributed by atoms with van der Waals surface area (Å²) in [5.74, 6) is -0.767. The summed E-state index contributed by atoms with van der Waals surface area (Å²) in [5, 5.41) is 12.4. The summed E-state index contributed by atoms with van der Waals surface area (Å²) in [7, 11) is 1.96. The maximum absolute atomic E-state index is 11.1. The minimum absolute atomic E-state index is 0.351. The maximum Gasteiger partial charge on any atom is 0.310 e. The molecule has 1 rings (SSSR count). The number of hydrogen-bond acceptors (Lipinski definition) is 2. The summed E-state index contributed by atoms with van der Waals surface area (Å²) in [6.07, 6.45) is 6.21. The molecule has 18 heavy (non-hydrogen) atoms. The monoisotopic (exact) mass is 252 g/mol. The molecule has 0 amide bonds. The van der Waals surface area contributed by atoms with Crippen LogP contribution in [0.1, 0.15) is 45.2 Å². The number of aromatic nitrogens is 1. The van der Waals surface area contributed by atoms with Gasteiger partial charge in [0, 0.05) is 25.0 Å². The number of carboxylic acids is 1. The zero-order valence-electron chi connectivity index (χ0n) is 11.7. The van der Waals surface area contributed by atoms with E-state index in [1.807, 2.05) is 24.0 Å². The fraction of sp³-hybridized carbons (Fsp3) is 0.643. The number of nitrogens with one attached hydrogen (secondary N) is 1. The first kappa shape index (κ1) is 14.8. The lowest BCUT2D eigenvalue weighted by atomic mass is 9.94. The van der Waals surface area contributed by atoms with Crippen LogP contribution < -0.4 is 5.32 Å². The quantitative estimate of drug-likeness (QED) is 0.784. The summed E-state index contributed by atoms with van der Waals surface area (Å²) >= 11 is 0. The SMILES string of the molecule is CCCC(NC)c1ccn(CC(C)(C)C(=O)O)c1. The van der Waals surface area contributed by atoms with Gasteiger partial charge in [0.15, 0.2) is 0 Å². The van der Waals surface area contributed by atoms with Gasteiger partial charge < -0.3 is 15.0 Å². The van der Waals surface area contributed by atoms with E-state index in [1.54, 1.807) is 13.8 Å². The molecule has 0 saturated carbocycles. The van der Waals surface area contributed by atoms with Crippen molar-refractivity contribution in [2.75, 3.05) is 7.05 Å². The van der Waals surface area contributed by atoms with Crippen molar-refractivity contribution in [2.45, 2.75) is 46.2 Å². The zero-order chi connectivity index (χ0) is 13.8. The molecule has 0 bridgehead atoms. The Morgan fingerprint density at radius 1 is 1.56 bits per heavy atom. The summed E-state index contributed by atoms with van der Waals surface area (Å²) < 4.78 is 1.96. The van der Waals surface area contributed by atoms with Crippen molar-refractivity contribution < 1.29 is 9.90 Å². The van der Waals surface area contributed by atoms with Gasteiger partial charge in [-0.3, -0.25) is 4.79 Å². The topological polar surface area (TPSA) is 54.3 Å². The Hall–Kier alpha value is -1.29. The van der Waals surface area contributed by atoms with Crippen molar-refractivity contribution in [3.05, 3.63) is 24.0 Å². The third-order valence-corrected chi connectivity index (χ3v) is 3.26. The van der Waals surface area contributed by atoms with E-state index in [0.29, 0.717) is 12.6 Å². The van der Waals surface area contributed by atoms with Gasteiger partial charge in [0.05, 0.1) is 5.41 Å². The van der Waals surface area contributed by atoms with Gasteiger partial charge >= 0.3 is 5.97 Å². The third-order valence-electron chi connectivity index (χ3n) is 3.26. The standard InChI is InChI=1S/C14H24N2O2/c1-5-6-12(15-4)11-7-8-16(9-11)10-14(2,3)13(17)18/h7-9,12,15H,5-6,10H2,1-4H3,(H,17,18). The van der Waals surface area contributed by atoms with Crippen LogP contribution in [-0.4, -0.2) is 22.7 Å². The molecule has 0 spiro atoms. The highest BCUT2D eigenvalue weighted by molar-refractivity contribution is 5.73. The molecule has 0 saturated heterocycles. The molecule has 2 N–H and O–H groups in total. The Balaban J connectivity index is 2.77. The Kier molecular flexibility index (Phi) is 4.96. The maximum atomic E-state index is 11.1. The van der Waals surface area contributed by atoms with Crippen LogP contribution in [0.4, 0.5) is 0 Å². The first-order chi connectivity index (χ1) is 8.40. The second-order valence-electron chi connectivity index (χ2n) is 5.44. The minimum atomic E-state index is -0.767. The second kappa shape index (κ2) is 6.05. The lowest BCUT2D eigenvalue weighted by Gasteiger charge is -2.20. The van der Waals surface area contributed by atoms with E-state index in [-0.39, 0.29) is 0 Å². The number of aliphatic carboxylic acids is 1. The fourth-order valence-corrected chi connectivity index (χ4v) is 2.05. The van der Waals surface area contributed by atoms with E-state index in [9.17, 15) is 4.79 Å². The molecule has 0 aromatic carbocycles. The van der Waals surface area contributed by atoms with Gasteiger partial charge in [-0.25, -0.2) is 0 Å². The number of carbonyl (C=O) groups is 1. The highest BCUT2D eigenvalue weighted by atomic mass is 16.4. The highest BCUT2D eigenvalue weighted by Gasteiger charge is 2.27. The molecule has 0 aliphatic carbocycles. The van der Waals surface area contributed by atoms with Gasteiger partial charge in [-0.05, 0) is 38.9 Å². The summed E-state index contributed by atoms with van der Waals surface area (Å²) in [5.41, 5.74) is 0.483. The molecule has 0 fully saturated rings. The Labute approximate surface area is 109 Å². The van der Waals surface area contributed by atoms with Gasteiger partial charge in [-0.1, -0.05) is 13.3 Å². The molecular formula is C14H24N2O2. The van der Waals surface area contributed by atoms with Gasteiger partial charge in [-0.15, -0.1) is 0 Å². The van der Waals surface area contributed by atoms with Crippen LogP contribution in [0.25, 0.3) is 0 Å². The van der Waals surface area contributed by atoms with E-state index in [4.69, 9.17) is 5.11 Å². The van der Waals surface area contributed by atoms with E-state index >= 15 is 0 Å². The summed E-state index contributed by atoms with van der Waals surface area (Å²) in [6, 6.07) is 2.42. The Bertz CT molecular complexity index is 396. The van der Waals surface area contributed by atoms with Gasteiger partial charge in [0.1, 0.15) is 0 Å². The minimum Gasteiger partial charge on any atom is -0.481 e. The molecule has 1 atom stereocenters. The van der Waals surface area contributed by atoms with E-state index in [2.05, 4.69) is 18.3 Å². The van der Waals surface area contributed by atoms with E-state index in [1.165, 1.54) is 5.56 Å². The van der Waals surface area contributed by atoms with Crippen LogP contribution in [0.5, 0.6) is 0 Å². The van der Waals surface area contributed by atoms with Gasteiger partial charge in [-0.2, -0.15) is 0 Å². The second-order valence-corrected chi connectivity index (χ2v) is 5.44. The van der Waals surface area contributed by atoms with Crippen LogP contribution in [-0.2, 0) is 11.3 Å². The fourth-order valence-electron chi connectivity index (χ4n) is 2.05. The molecule has 1 aromatic heterocycles. The highest BCUT2D eigenvalue weighted by Crippen LogP contribution is 2.22. The molecule has 102 valence electrons. The van der Waals surface area contributed by atoms with Crippen molar-refractivity contribution in [3.63, 3.8) is 0 Å². The molecule has 4 heteroatoms. The lowest BCUT2D eigenvalue weighted by Crippen LogP contribution is -2.28. The lowest BCUT2D eigenvalue weighted by molar-refractivity contribution is -0.147. The molecular weight excluding hydrogens is 228 g/mol. The normalized spacial score (nSPS) is 13.6. The van der Waals surface area contributed by atoms with Crippen LogP contribution in [0.15, 0.2) is 18.5 Å². The van der Waals surface area contributed by atoms with Crippen molar-refractivity contribution >= 4 is 5.97 Å².